The molecule has 1 saturated heterocycles. The molecule has 0 bridgehead atoms. The Morgan fingerprint density at radius 3 is 2.38 bits per heavy atom. The van der Waals surface area contributed by atoms with Gasteiger partial charge in [-0.3, -0.25) is 0 Å². The van der Waals surface area contributed by atoms with Crippen LogP contribution in [0, 0.1) is 11.6 Å². The third-order valence-corrected chi connectivity index (χ3v) is 2.79. The maximum absolute atomic E-state index is 13.3. The minimum atomic E-state index is -0.414. The molecule has 1 fully saturated rings. The van der Waals surface area contributed by atoms with Crippen molar-refractivity contribution in [1.82, 2.24) is 0 Å². The minimum absolute atomic E-state index is 0.175. The van der Waals surface area contributed by atoms with Crippen molar-refractivity contribution in [3.8, 4) is 0 Å². The average Bonchev–Trinajstić information content (AvgIpc) is 1.96. The van der Waals surface area contributed by atoms with E-state index in [0.29, 0.717) is 5.69 Å². The zero-order valence-corrected chi connectivity index (χ0v) is 8.44. The van der Waals surface area contributed by atoms with Gasteiger partial charge in [0.1, 0.15) is 11.6 Å². The van der Waals surface area contributed by atoms with Gasteiger partial charge in [-0.1, -0.05) is 0 Å². The highest BCUT2D eigenvalue weighted by molar-refractivity contribution is 9.10. The second-order valence-electron chi connectivity index (χ2n) is 3.06. The molecule has 0 atom stereocenters. The fourth-order valence-corrected chi connectivity index (χ4v) is 1.63. The molecule has 0 aliphatic carbocycles. The molecule has 0 unspecified atom stereocenters. The van der Waals surface area contributed by atoms with Gasteiger partial charge in [0.15, 0.2) is 0 Å². The normalized spacial score (nSPS) is 15.8. The maximum Gasteiger partial charge on any atom is 0.147 e. The highest BCUT2D eigenvalue weighted by Crippen LogP contribution is 2.28. The van der Waals surface area contributed by atoms with Crippen LogP contribution in [-0.2, 0) is 0 Å². The van der Waals surface area contributed by atoms with E-state index in [9.17, 15) is 8.78 Å². The van der Waals surface area contributed by atoms with Gasteiger partial charge in [-0.05, 0) is 28.4 Å². The van der Waals surface area contributed by atoms with Crippen LogP contribution < -0.4 is 4.90 Å². The smallest absolute Gasteiger partial charge is 0.147 e. The molecule has 1 aliphatic rings. The van der Waals surface area contributed by atoms with Crippen molar-refractivity contribution < 1.29 is 8.78 Å². The Labute approximate surface area is 83.5 Å². The molecule has 0 aromatic heterocycles. The van der Waals surface area contributed by atoms with Gasteiger partial charge in [0.2, 0.25) is 0 Å². The van der Waals surface area contributed by atoms with Crippen molar-refractivity contribution in [2.45, 2.75) is 6.42 Å². The molecule has 1 heterocycles. The Balaban J connectivity index is 2.39. The summed E-state index contributed by atoms with van der Waals surface area (Å²) in [6.45, 7) is 1.63. The third-order valence-electron chi connectivity index (χ3n) is 2.19. The third kappa shape index (κ3) is 1.55. The van der Waals surface area contributed by atoms with Gasteiger partial charge >= 0.3 is 0 Å². The Kier molecular flexibility index (Phi) is 2.24. The Hall–Kier alpha value is -0.640. The maximum atomic E-state index is 13.3. The zero-order chi connectivity index (χ0) is 9.42. The summed E-state index contributed by atoms with van der Waals surface area (Å²) in [6.07, 6.45) is 1.05. The van der Waals surface area contributed by atoms with Gasteiger partial charge in [-0.25, -0.2) is 8.78 Å². The number of benzene rings is 1. The Bertz CT molecular complexity index is 337. The highest BCUT2D eigenvalue weighted by atomic mass is 79.9. The Morgan fingerprint density at radius 2 is 1.85 bits per heavy atom. The van der Waals surface area contributed by atoms with Crippen LogP contribution >= 0.6 is 15.9 Å². The van der Waals surface area contributed by atoms with Gasteiger partial charge in [0.05, 0.1) is 10.2 Å². The van der Waals surface area contributed by atoms with Crippen LogP contribution in [0.15, 0.2) is 16.6 Å². The van der Waals surface area contributed by atoms with Crippen molar-refractivity contribution >= 4 is 21.6 Å². The molecule has 0 spiro atoms. The SMILES string of the molecule is Fc1cc(N2CCC2)c(F)cc1Br. The molecule has 0 amide bonds. The van der Waals surface area contributed by atoms with E-state index in [1.165, 1.54) is 12.1 Å². The molecule has 70 valence electrons. The quantitative estimate of drug-likeness (QED) is 0.690. The lowest BCUT2D eigenvalue weighted by Gasteiger charge is -2.33. The second-order valence-corrected chi connectivity index (χ2v) is 3.91. The van der Waals surface area contributed by atoms with Gasteiger partial charge in [0.25, 0.3) is 0 Å². The monoisotopic (exact) mass is 247 g/mol. The number of halogens is 3. The van der Waals surface area contributed by atoms with Crippen molar-refractivity contribution in [2.75, 3.05) is 18.0 Å². The lowest BCUT2D eigenvalue weighted by molar-refractivity contribution is 0.558. The van der Waals surface area contributed by atoms with Gasteiger partial charge in [-0.15, -0.1) is 0 Å². The van der Waals surface area contributed by atoms with Gasteiger partial charge in [0, 0.05) is 19.2 Å². The number of anilines is 1. The van der Waals surface area contributed by atoms with Crippen LogP contribution in [0.2, 0.25) is 0 Å². The molecule has 2 rings (SSSR count). The fraction of sp³-hybridized carbons (Fsp3) is 0.333. The summed E-state index contributed by atoms with van der Waals surface area (Å²) in [5, 5.41) is 0. The number of hydrogen-bond acceptors (Lipinski definition) is 1. The fourth-order valence-electron chi connectivity index (χ4n) is 1.31. The first-order valence-electron chi connectivity index (χ1n) is 4.08. The van der Waals surface area contributed by atoms with Crippen LogP contribution in [-0.4, -0.2) is 13.1 Å². The number of hydrogen-bond donors (Lipinski definition) is 0. The molecular weight excluding hydrogens is 240 g/mol. The molecule has 4 heteroatoms. The molecule has 1 nitrogen and oxygen atoms in total. The van der Waals surface area contributed by atoms with Crippen LogP contribution in [0.25, 0.3) is 0 Å². The van der Waals surface area contributed by atoms with Crippen molar-refractivity contribution in [3.63, 3.8) is 0 Å². The van der Waals surface area contributed by atoms with Crippen LogP contribution in [0.4, 0.5) is 14.5 Å². The Morgan fingerprint density at radius 1 is 1.15 bits per heavy atom. The molecule has 0 saturated carbocycles. The molecule has 1 aromatic carbocycles. The zero-order valence-electron chi connectivity index (χ0n) is 6.86. The van der Waals surface area contributed by atoms with Crippen LogP contribution in [0.3, 0.4) is 0 Å². The van der Waals surface area contributed by atoms with E-state index in [4.69, 9.17) is 0 Å². The van der Waals surface area contributed by atoms with E-state index in [2.05, 4.69) is 15.9 Å². The highest BCUT2D eigenvalue weighted by Gasteiger charge is 2.19. The van der Waals surface area contributed by atoms with Crippen molar-refractivity contribution in [2.24, 2.45) is 0 Å². The van der Waals surface area contributed by atoms with Gasteiger partial charge < -0.3 is 4.90 Å². The van der Waals surface area contributed by atoms with Gasteiger partial charge in [-0.2, -0.15) is 0 Å². The first-order chi connectivity index (χ1) is 6.18. The predicted octanol–water partition coefficient (Wildman–Crippen LogP) is 2.94. The first-order valence-corrected chi connectivity index (χ1v) is 4.87. The lowest BCUT2D eigenvalue weighted by atomic mass is 10.1. The van der Waals surface area contributed by atoms with E-state index >= 15 is 0 Å². The molecule has 0 radical (unpaired) electrons. The minimum Gasteiger partial charge on any atom is -0.369 e. The average molecular weight is 248 g/mol. The summed E-state index contributed by atoms with van der Waals surface area (Å²) in [7, 11) is 0. The largest absolute Gasteiger partial charge is 0.369 e. The van der Waals surface area contributed by atoms with Crippen molar-refractivity contribution in [1.29, 1.82) is 0 Å². The topological polar surface area (TPSA) is 3.24 Å². The number of nitrogens with zero attached hydrogens (tertiary/aromatic N) is 1. The summed E-state index contributed by atoms with van der Waals surface area (Å²) < 4.78 is 26.5. The lowest BCUT2D eigenvalue weighted by Crippen LogP contribution is -2.37. The summed E-state index contributed by atoms with van der Waals surface area (Å²) in [5.74, 6) is -0.781. The number of rotatable bonds is 1. The standard InChI is InChI=1S/C9H8BrF2N/c10-6-4-8(12)9(5-7(6)11)13-2-1-3-13/h4-5H,1-3H2. The van der Waals surface area contributed by atoms with Crippen molar-refractivity contribution in [3.05, 3.63) is 28.2 Å². The molecular formula is C9H8BrF2N. The van der Waals surface area contributed by atoms with E-state index in [0.717, 1.165) is 19.5 Å². The molecule has 13 heavy (non-hydrogen) atoms. The van der Waals surface area contributed by atoms with E-state index in [-0.39, 0.29) is 10.3 Å². The molecule has 0 N–H and O–H groups in total. The van der Waals surface area contributed by atoms with E-state index in [1.54, 1.807) is 0 Å². The van der Waals surface area contributed by atoms with E-state index in [1.807, 2.05) is 4.90 Å². The summed E-state index contributed by atoms with van der Waals surface area (Å²) in [4.78, 5) is 1.82. The molecule has 1 aromatic rings. The van der Waals surface area contributed by atoms with E-state index < -0.39 is 5.82 Å². The summed E-state index contributed by atoms with van der Waals surface area (Å²) in [5.41, 5.74) is 0.368. The summed E-state index contributed by atoms with van der Waals surface area (Å²) >= 11 is 2.94. The first kappa shape index (κ1) is 8.94. The van der Waals surface area contributed by atoms with Crippen LogP contribution in [0.1, 0.15) is 6.42 Å². The predicted molar refractivity (Wildman–Crippen MR) is 50.9 cm³/mol. The van der Waals surface area contributed by atoms with Crippen LogP contribution in [0.5, 0.6) is 0 Å². The summed E-state index contributed by atoms with van der Waals surface area (Å²) in [6, 6.07) is 2.40. The second kappa shape index (κ2) is 3.25. The molecule has 1 aliphatic heterocycles.